The predicted octanol–water partition coefficient (Wildman–Crippen LogP) is 3.99. The molecule has 0 spiro atoms. The molecule has 3 atom stereocenters. The van der Waals surface area contributed by atoms with E-state index in [0.29, 0.717) is 17.1 Å². The Morgan fingerprint density at radius 1 is 1.19 bits per heavy atom. The quantitative estimate of drug-likeness (QED) is 0.645. The molecule has 126 valence electrons. The summed E-state index contributed by atoms with van der Waals surface area (Å²) in [5, 5.41) is 10.9. The zero-order valence-electron chi connectivity index (χ0n) is 14.3. The molecule has 1 aliphatic rings. The molecule has 1 rings (SSSR count). The van der Waals surface area contributed by atoms with Gasteiger partial charge < -0.3 is 14.6 Å². The van der Waals surface area contributed by atoms with Gasteiger partial charge in [0.05, 0.1) is 17.3 Å². The third-order valence-electron chi connectivity index (χ3n) is 3.60. The van der Waals surface area contributed by atoms with Crippen LogP contribution in [0, 0.1) is 11.8 Å². The lowest BCUT2D eigenvalue weighted by Gasteiger charge is -2.34. The molecule has 0 unspecified atom stereocenters. The Morgan fingerprint density at radius 2 is 1.76 bits per heavy atom. The summed E-state index contributed by atoms with van der Waals surface area (Å²) in [6.45, 7) is 13.1. The first-order valence-corrected chi connectivity index (χ1v) is 10.1. The third-order valence-corrected chi connectivity index (χ3v) is 6.44. The molecule has 1 saturated heterocycles. The molecule has 1 heterocycles. The summed E-state index contributed by atoms with van der Waals surface area (Å²) in [5.41, 5.74) is 0. The fourth-order valence-electron chi connectivity index (χ4n) is 2.74. The number of aliphatic hydroxyl groups is 1. The summed E-state index contributed by atoms with van der Waals surface area (Å²) in [6.07, 6.45) is 0.352. The number of ether oxygens (including phenoxy) is 2. The van der Waals surface area contributed by atoms with Crippen LogP contribution in [0.1, 0.15) is 48.0 Å². The van der Waals surface area contributed by atoms with Gasteiger partial charge in [-0.15, -0.1) is 23.5 Å². The van der Waals surface area contributed by atoms with Gasteiger partial charge in [-0.25, -0.2) is 0 Å². The Kier molecular flexibility index (Phi) is 8.43. The van der Waals surface area contributed by atoms with E-state index in [0.717, 1.165) is 17.9 Å². The van der Waals surface area contributed by atoms with E-state index in [4.69, 9.17) is 9.47 Å². The monoisotopic (exact) mass is 336 g/mol. The van der Waals surface area contributed by atoms with Crippen molar-refractivity contribution in [2.24, 2.45) is 11.8 Å². The van der Waals surface area contributed by atoms with Gasteiger partial charge in [-0.3, -0.25) is 0 Å². The van der Waals surface area contributed by atoms with Crippen molar-refractivity contribution in [1.29, 1.82) is 0 Å². The summed E-state index contributed by atoms with van der Waals surface area (Å²) in [5.74, 6) is 2.39. The van der Waals surface area contributed by atoms with Crippen LogP contribution in [0.2, 0.25) is 0 Å². The molecule has 0 bridgehead atoms. The van der Waals surface area contributed by atoms with Crippen LogP contribution in [0.15, 0.2) is 0 Å². The smallest absolute Gasteiger partial charge is 0.163 e. The predicted molar refractivity (Wildman–Crippen MR) is 93.9 cm³/mol. The van der Waals surface area contributed by atoms with Gasteiger partial charge in [-0.1, -0.05) is 27.7 Å². The molecule has 1 N–H and O–H groups in total. The summed E-state index contributed by atoms with van der Waals surface area (Å²) in [4.78, 5) is 0. The standard InChI is InChI=1S/C16H32O3S2/c1-7-20-15(21-8-2)12(9-11(3)4)14(17)13-10-18-16(5,6)19-13/h11-15,17H,7-10H2,1-6H3/t12-,13-,14-/m0/s1. The Morgan fingerprint density at radius 3 is 2.14 bits per heavy atom. The van der Waals surface area contributed by atoms with Crippen LogP contribution in [0.25, 0.3) is 0 Å². The molecule has 5 heteroatoms. The first-order valence-electron chi connectivity index (χ1n) is 8.03. The van der Waals surface area contributed by atoms with E-state index in [1.54, 1.807) is 0 Å². The highest BCUT2D eigenvalue weighted by molar-refractivity contribution is 8.17. The van der Waals surface area contributed by atoms with Crippen molar-refractivity contribution in [2.45, 2.75) is 70.5 Å². The summed E-state index contributed by atoms with van der Waals surface area (Å²) in [7, 11) is 0. The molecule has 0 aromatic carbocycles. The number of rotatable bonds is 9. The van der Waals surface area contributed by atoms with Crippen molar-refractivity contribution in [2.75, 3.05) is 18.1 Å². The van der Waals surface area contributed by atoms with Crippen molar-refractivity contribution >= 4 is 23.5 Å². The molecule has 0 aromatic heterocycles. The maximum absolute atomic E-state index is 10.9. The molecular formula is C16H32O3S2. The molecule has 3 nitrogen and oxygen atoms in total. The van der Waals surface area contributed by atoms with E-state index in [1.165, 1.54) is 0 Å². The van der Waals surface area contributed by atoms with E-state index in [2.05, 4.69) is 27.7 Å². The van der Waals surface area contributed by atoms with Crippen LogP contribution in [0.4, 0.5) is 0 Å². The van der Waals surface area contributed by atoms with Gasteiger partial charge in [0.1, 0.15) is 6.10 Å². The number of hydrogen-bond acceptors (Lipinski definition) is 5. The SMILES string of the molecule is CCSC(SCC)[C@@H](CC(C)C)[C@H](O)[C@@H]1COC(C)(C)O1. The zero-order chi connectivity index (χ0) is 16.0. The third kappa shape index (κ3) is 6.30. The Balaban J connectivity index is 2.79. The lowest BCUT2D eigenvalue weighted by Crippen LogP contribution is -2.41. The van der Waals surface area contributed by atoms with Crippen LogP contribution >= 0.6 is 23.5 Å². The zero-order valence-corrected chi connectivity index (χ0v) is 15.9. The van der Waals surface area contributed by atoms with Gasteiger partial charge >= 0.3 is 0 Å². The Labute approximate surface area is 138 Å². The molecule has 0 saturated carbocycles. The minimum absolute atomic E-state index is 0.207. The molecule has 0 amide bonds. The van der Waals surface area contributed by atoms with E-state index < -0.39 is 11.9 Å². The topological polar surface area (TPSA) is 38.7 Å². The first-order chi connectivity index (χ1) is 9.80. The minimum Gasteiger partial charge on any atom is -0.390 e. The summed E-state index contributed by atoms with van der Waals surface area (Å²) in [6, 6.07) is 0. The number of aliphatic hydroxyl groups excluding tert-OH is 1. The van der Waals surface area contributed by atoms with Crippen molar-refractivity contribution in [3.05, 3.63) is 0 Å². The number of thioether (sulfide) groups is 2. The van der Waals surface area contributed by atoms with Gasteiger partial charge in [-0.2, -0.15) is 0 Å². The Bertz CT molecular complexity index is 291. The van der Waals surface area contributed by atoms with Crippen LogP contribution in [0.5, 0.6) is 0 Å². The Hall–Kier alpha value is 0.580. The molecule has 1 aliphatic heterocycles. The van der Waals surface area contributed by atoms with Crippen molar-refractivity contribution < 1.29 is 14.6 Å². The second kappa shape index (κ2) is 9.02. The van der Waals surface area contributed by atoms with Crippen LogP contribution in [-0.4, -0.2) is 45.8 Å². The van der Waals surface area contributed by atoms with Crippen molar-refractivity contribution in [3.63, 3.8) is 0 Å². The highest BCUT2D eigenvalue weighted by atomic mass is 32.2. The lowest BCUT2D eigenvalue weighted by atomic mass is 9.91. The maximum atomic E-state index is 10.9. The van der Waals surface area contributed by atoms with Crippen molar-refractivity contribution in [3.8, 4) is 0 Å². The second-order valence-electron chi connectivity index (χ2n) is 6.43. The van der Waals surface area contributed by atoms with Gasteiger partial charge in [0, 0.05) is 5.92 Å². The van der Waals surface area contributed by atoms with Gasteiger partial charge in [-0.05, 0) is 37.7 Å². The largest absolute Gasteiger partial charge is 0.390 e. The maximum Gasteiger partial charge on any atom is 0.163 e. The minimum atomic E-state index is -0.570. The van der Waals surface area contributed by atoms with Gasteiger partial charge in [0.15, 0.2) is 5.79 Å². The van der Waals surface area contributed by atoms with Gasteiger partial charge in [0.25, 0.3) is 0 Å². The van der Waals surface area contributed by atoms with E-state index in [9.17, 15) is 5.11 Å². The first kappa shape index (κ1) is 19.6. The summed E-state index contributed by atoms with van der Waals surface area (Å²) >= 11 is 3.89. The van der Waals surface area contributed by atoms with Crippen molar-refractivity contribution in [1.82, 2.24) is 0 Å². The average molecular weight is 337 g/mol. The van der Waals surface area contributed by atoms with Crippen LogP contribution in [-0.2, 0) is 9.47 Å². The second-order valence-corrected chi connectivity index (χ2v) is 9.57. The molecular weight excluding hydrogens is 304 g/mol. The molecule has 0 aromatic rings. The fourth-order valence-corrected chi connectivity index (χ4v) is 5.64. The van der Waals surface area contributed by atoms with E-state index in [-0.39, 0.29) is 12.0 Å². The lowest BCUT2D eigenvalue weighted by molar-refractivity contribution is -0.155. The summed E-state index contributed by atoms with van der Waals surface area (Å²) < 4.78 is 11.9. The van der Waals surface area contributed by atoms with E-state index >= 15 is 0 Å². The molecule has 1 fully saturated rings. The highest BCUT2D eigenvalue weighted by Gasteiger charge is 2.42. The molecule has 0 aliphatic carbocycles. The van der Waals surface area contributed by atoms with Gasteiger partial charge in [0.2, 0.25) is 0 Å². The van der Waals surface area contributed by atoms with E-state index in [1.807, 2.05) is 37.4 Å². The highest BCUT2D eigenvalue weighted by Crippen LogP contribution is 2.39. The average Bonchev–Trinajstić information content (AvgIpc) is 2.75. The normalized spacial score (nSPS) is 24.7. The number of hydrogen-bond donors (Lipinski definition) is 1. The van der Waals surface area contributed by atoms with Crippen LogP contribution < -0.4 is 0 Å². The fraction of sp³-hybridized carbons (Fsp3) is 1.00. The molecule has 0 radical (unpaired) electrons. The van der Waals surface area contributed by atoms with Crippen LogP contribution in [0.3, 0.4) is 0 Å². The molecule has 21 heavy (non-hydrogen) atoms.